The Kier molecular flexibility index (Phi) is 1.85. The lowest BCUT2D eigenvalue weighted by Gasteiger charge is -2.35. The quantitative estimate of drug-likeness (QED) is 0.638. The van der Waals surface area contributed by atoms with Crippen molar-refractivity contribution < 1.29 is 13.6 Å². The van der Waals surface area contributed by atoms with Crippen molar-refractivity contribution in [1.82, 2.24) is 0 Å². The maximum Gasteiger partial charge on any atom is 0.402 e. The summed E-state index contributed by atoms with van der Waals surface area (Å²) in [6.45, 7) is 3.06. The fourth-order valence-corrected chi connectivity index (χ4v) is 2.59. The lowest BCUT2D eigenvalue weighted by molar-refractivity contribution is 0.0146. The molecular formula is C7H14NO3P. The molecule has 12 heavy (non-hydrogen) atoms. The Morgan fingerprint density at radius 3 is 2.33 bits per heavy atom. The molecule has 0 unspecified atom stereocenters. The Bertz CT molecular complexity index is 227. The van der Waals surface area contributed by atoms with E-state index in [0.717, 1.165) is 0 Å². The fourth-order valence-electron chi connectivity index (χ4n) is 1.57. The third kappa shape index (κ3) is 1.57. The highest BCUT2D eigenvalue weighted by molar-refractivity contribution is 7.51. The maximum atomic E-state index is 11.1. The molecule has 5 heteroatoms. The van der Waals surface area contributed by atoms with E-state index in [1.54, 1.807) is 0 Å². The minimum atomic E-state index is -3.18. The summed E-state index contributed by atoms with van der Waals surface area (Å²) in [6.07, 6.45) is 2.47. The van der Waals surface area contributed by atoms with Crippen LogP contribution in [-0.2, 0) is 13.6 Å². The normalized spacial score (nSPS) is 49.2. The van der Waals surface area contributed by atoms with Crippen LogP contribution in [-0.4, -0.2) is 13.2 Å². The van der Waals surface area contributed by atoms with E-state index < -0.39 is 7.75 Å². The van der Waals surface area contributed by atoms with Crippen LogP contribution in [0.25, 0.3) is 0 Å². The first kappa shape index (κ1) is 8.70. The van der Waals surface area contributed by atoms with Gasteiger partial charge < -0.3 is 0 Å². The number of nitrogens with two attached hydrogens (primary N) is 1. The number of hydrogen-bond donors (Lipinski definition) is 1. The monoisotopic (exact) mass is 191 g/mol. The summed E-state index contributed by atoms with van der Waals surface area (Å²) in [7, 11) is -3.18. The molecule has 1 heterocycles. The van der Waals surface area contributed by atoms with Crippen molar-refractivity contribution in [1.29, 1.82) is 0 Å². The molecule has 0 atom stereocenters. The Morgan fingerprint density at radius 1 is 1.42 bits per heavy atom. The topological polar surface area (TPSA) is 61.5 Å². The van der Waals surface area contributed by atoms with E-state index in [1.165, 1.54) is 12.8 Å². The van der Waals surface area contributed by atoms with Crippen molar-refractivity contribution in [3.05, 3.63) is 0 Å². The minimum absolute atomic E-state index is 0.0489. The third-order valence-electron chi connectivity index (χ3n) is 2.71. The first-order valence-electron chi connectivity index (χ1n) is 4.20. The smallest absolute Gasteiger partial charge is 0.296 e. The SMILES string of the molecule is CC1(C2CC2)COP(N)(=O)OC1. The van der Waals surface area contributed by atoms with Gasteiger partial charge in [-0.2, -0.15) is 0 Å². The van der Waals surface area contributed by atoms with E-state index in [0.29, 0.717) is 19.1 Å². The average Bonchev–Trinajstić information content (AvgIpc) is 2.78. The highest BCUT2D eigenvalue weighted by Gasteiger charge is 2.47. The second-order valence-corrected chi connectivity index (χ2v) is 5.61. The van der Waals surface area contributed by atoms with Gasteiger partial charge in [0.15, 0.2) is 0 Å². The molecule has 0 aromatic heterocycles. The predicted octanol–water partition coefficient (Wildman–Crippen LogP) is 1.52. The molecule has 1 aliphatic heterocycles. The van der Waals surface area contributed by atoms with E-state index >= 15 is 0 Å². The van der Waals surface area contributed by atoms with Crippen molar-refractivity contribution in [3.63, 3.8) is 0 Å². The summed E-state index contributed by atoms with van der Waals surface area (Å²) in [5.41, 5.74) is 5.28. The van der Waals surface area contributed by atoms with Crippen molar-refractivity contribution >= 4 is 7.75 Å². The van der Waals surface area contributed by atoms with Gasteiger partial charge in [0, 0.05) is 5.41 Å². The van der Waals surface area contributed by atoms with Crippen LogP contribution in [0, 0.1) is 11.3 Å². The van der Waals surface area contributed by atoms with Gasteiger partial charge in [-0.25, -0.2) is 10.1 Å². The molecule has 70 valence electrons. The highest BCUT2D eigenvalue weighted by Crippen LogP contribution is 2.54. The third-order valence-corrected chi connectivity index (χ3v) is 3.69. The van der Waals surface area contributed by atoms with Crippen LogP contribution < -0.4 is 5.50 Å². The van der Waals surface area contributed by atoms with Crippen molar-refractivity contribution in [2.45, 2.75) is 19.8 Å². The molecule has 0 aromatic rings. The molecule has 0 aromatic carbocycles. The first-order valence-corrected chi connectivity index (χ1v) is 5.81. The molecule has 2 N–H and O–H groups in total. The molecule has 4 nitrogen and oxygen atoms in total. The van der Waals surface area contributed by atoms with Crippen molar-refractivity contribution in [3.8, 4) is 0 Å². The van der Waals surface area contributed by atoms with Gasteiger partial charge in [0.25, 0.3) is 0 Å². The zero-order valence-corrected chi connectivity index (χ0v) is 8.05. The number of rotatable bonds is 1. The highest BCUT2D eigenvalue weighted by atomic mass is 31.2. The molecule has 2 rings (SSSR count). The summed E-state index contributed by atoms with van der Waals surface area (Å²) in [5.74, 6) is 0.679. The Labute approximate surface area is 72.0 Å². The molecule has 0 radical (unpaired) electrons. The van der Waals surface area contributed by atoms with Gasteiger partial charge in [0.05, 0.1) is 13.2 Å². The van der Waals surface area contributed by atoms with Gasteiger partial charge in [0.1, 0.15) is 0 Å². The van der Waals surface area contributed by atoms with Crippen molar-refractivity contribution in [2.24, 2.45) is 16.8 Å². The van der Waals surface area contributed by atoms with Crippen LogP contribution >= 0.6 is 7.75 Å². The van der Waals surface area contributed by atoms with E-state index in [2.05, 4.69) is 6.92 Å². The Morgan fingerprint density at radius 2 is 1.92 bits per heavy atom. The maximum absolute atomic E-state index is 11.1. The molecule has 1 saturated carbocycles. The molecule has 2 fully saturated rings. The van der Waals surface area contributed by atoms with E-state index in [1.807, 2.05) is 0 Å². The predicted molar refractivity (Wildman–Crippen MR) is 44.5 cm³/mol. The number of hydrogen-bond acceptors (Lipinski definition) is 3. The van der Waals surface area contributed by atoms with E-state index in [-0.39, 0.29) is 5.41 Å². The van der Waals surface area contributed by atoms with E-state index in [4.69, 9.17) is 14.6 Å². The second kappa shape index (κ2) is 2.55. The summed E-state index contributed by atoms with van der Waals surface area (Å²) >= 11 is 0. The fraction of sp³-hybridized carbons (Fsp3) is 1.00. The average molecular weight is 191 g/mol. The van der Waals surface area contributed by atoms with Gasteiger partial charge in [-0.05, 0) is 18.8 Å². The minimum Gasteiger partial charge on any atom is -0.296 e. The van der Waals surface area contributed by atoms with Crippen LogP contribution in [0.1, 0.15) is 19.8 Å². The van der Waals surface area contributed by atoms with Gasteiger partial charge in [-0.1, -0.05) is 6.92 Å². The molecule has 0 spiro atoms. The second-order valence-electron chi connectivity index (χ2n) is 4.02. The lowest BCUT2D eigenvalue weighted by atomic mass is 9.87. The molecular weight excluding hydrogens is 177 g/mol. The van der Waals surface area contributed by atoms with Crippen LogP contribution in [0.4, 0.5) is 0 Å². The van der Waals surface area contributed by atoms with Crippen LogP contribution in [0.15, 0.2) is 0 Å². The van der Waals surface area contributed by atoms with Gasteiger partial charge in [-0.15, -0.1) is 0 Å². The standard InChI is InChI=1S/C7H14NO3P/c1-7(6-2-3-6)4-10-12(8,9)11-5-7/h6H,2-5H2,1H3,(H2,8,9). The van der Waals surface area contributed by atoms with Crippen LogP contribution in [0.2, 0.25) is 0 Å². The lowest BCUT2D eigenvalue weighted by Crippen LogP contribution is -2.35. The van der Waals surface area contributed by atoms with Gasteiger partial charge >= 0.3 is 7.75 Å². The van der Waals surface area contributed by atoms with Crippen LogP contribution in [0.3, 0.4) is 0 Å². The molecule has 1 saturated heterocycles. The van der Waals surface area contributed by atoms with Gasteiger partial charge in [0.2, 0.25) is 0 Å². The molecule has 0 amide bonds. The summed E-state index contributed by atoms with van der Waals surface area (Å²) < 4.78 is 21.1. The van der Waals surface area contributed by atoms with E-state index in [9.17, 15) is 4.57 Å². The first-order chi connectivity index (χ1) is 5.52. The Hall–Kier alpha value is 0.110. The molecule has 2 aliphatic rings. The molecule has 1 aliphatic carbocycles. The molecule has 0 bridgehead atoms. The summed E-state index contributed by atoms with van der Waals surface area (Å²) in [5, 5.41) is 0. The van der Waals surface area contributed by atoms with Crippen molar-refractivity contribution in [2.75, 3.05) is 13.2 Å². The Balaban J connectivity index is 2.01. The largest absolute Gasteiger partial charge is 0.402 e. The van der Waals surface area contributed by atoms with Gasteiger partial charge in [-0.3, -0.25) is 9.05 Å². The summed E-state index contributed by atoms with van der Waals surface area (Å²) in [6, 6.07) is 0. The zero-order chi connectivity index (χ0) is 8.82. The summed E-state index contributed by atoms with van der Waals surface area (Å²) in [4.78, 5) is 0. The van der Waals surface area contributed by atoms with Crippen LogP contribution in [0.5, 0.6) is 0 Å². The zero-order valence-electron chi connectivity index (χ0n) is 7.16.